The molecular formula is C25H36O7. The molecule has 0 aromatic carbocycles. The minimum atomic E-state index is -1.07. The zero-order valence-corrected chi connectivity index (χ0v) is 19.3. The molecule has 3 saturated heterocycles. The van der Waals surface area contributed by atoms with Gasteiger partial charge in [-0.05, 0) is 80.5 Å². The Kier molecular flexibility index (Phi) is 4.33. The van der Waals surface area contributed by atoms with Gasteiger partial charge in [0.15, 0.2) is 11.9 Å². The Bertz CT molecular complexity index is 859. The van der Waals surface area contributed by atoms with Crippen LogP contribution in [0.2, 0.25) is 0 Å². The Morgan fingerprint density at radius 1 is 1.03 bits per heavy atom. The third-order valence-electron chi connectivity index (χ3n) is 11.2. The summed E-state index contributed by atoms with van der Waals surface area (Å²) in [6.45, 7) is 6.70. The van der Waals surface area contributed by atoms with E-state index in [0.29, 0.717) is 12.3 Å². The van der Waals surface area contributed by atoms with Crippen molar-refractivity contribution in [2.24, 2.45) is 39.9 Å². The average Bonchev–Trinajstić information content (AvgIpc) is 3.17. The van der Waals surface area contributed by atoms with Crippen molar-refractivity contribution in [3.8, 4) is 0 Å². The van der Waals surface area contributed by atoms with Crippen molar-refractivity contribution in [3.63, 3.8) is 0 Å². The summed E-state index contributed by atoms with van der Waals surface area (Å²) in [5.74, 6) is -0.0560. The molecule has 7 nitrogen and oxygen atoms in total. The van der Waals surface area contributed by atoms with Crippen LogP contribution in [0.15, 0.2) is 0 Å². The second kappa shape index (κ2) is 6.48. The van der Waals surface area contributed by atoms with Crippen LogP contribution >= 0.6 is 0 Å². The van der Waals surface area contributed by atoms with Crippen molar-refractivity contribution in [1.82, 2.24) is 0 Å². The SMILES string of the molecule is C[C@]12CCC[C@](C)(C(=O)O)C1CC[C@]1(C)C2CC[C@@H]2[C@@H]3O[C@H]4OC(=O)C[C@]4(O3)[C@H](O)C[C@H]21. The summed E-state index contributed by atoms with van der Waals surface area (Å²) < 4.78 is 17.8. The van der Waals surface area contributed by atoms with E-state index < -0.39 is 35.7 Å². The zero-order valence-electron chi connectivity index (χ0n) is 19.3. The molecule has 6 aliphatic rings. The molecule has 2 N–H and O–H groups in total. The lowest BCUT2D eigenvalue weighted by atomic mass is 9.38. The number of carbonyl (C=O) groups excluding carboxylic acids is 1. The Morgan fingerprint density at radius 2 is 1.81 bits per heavy atom. The molecular weight excluding hydrogens is 412 g/mol. The number of hydrogen-bond donors (Lipinski definition) is 2. The molecule has 0 amide bonds. The van der Waals surface area contributed by atoms with E-state index in [1.165, 1.54) is 0 Å². The summed E-state index contributed by atoms with van der Waals surface area (Å²) in [7, 11) is 0. The van der Waals surface area contributed by atoms with Crippen LogP contribution in [0.1, 0.15) is 78.6 Å². The number of carboxylic acid groups (broad SMARTS) is 1. The first-order chi connectivity index (χ1) is 15.0. The van der Waals surface area contributed by atoms with Gasteiger partial charge in [0.05, 0.1) is 17.9 Å². The fraction of sp³-hybridized carbons (Fsp3) is 0.920. The lowest BCUT2D eigenvalue weighted by Gasteiger charge is -2.66. The van der Waals surface area contributed by atoms with Crippen LogP contribution in [0.4, 0.5) is 0 Å². The number of aliphatic hydroxyl groups excluding tert-OH is 1. The highest BCUT2D eigenvalue weighted by atomic mass is 16.8. The van der Waals surface area contributed by atoms with Crippen LogP contribution in [-0.2, 0) is 23.8 Å². The van der Waals surface area contributed by atoms with Crippen molar-refractivity contribution >= 4 is 11.9 Å². The van der Waals surface area contributed by atoms with Crippen LogP contribution in [0.25, 0.3) is 0 Å². The minimum Gasteiger partial charge on any atom is -0.481 e. The maximum atomic E-state index is 12.3. The first-order valence-corrected chi connectivity index (χ1v) is 12.5. The fourth-order valence-electron chi connectivity index (χ4n) is 9.70. The minimum absolute atomic E-state index is 0.0152. The molecule has 3 aliphatic carbocycles. The van der Waals surface area contributed by atoms with Crippen molar-refractivity contribution in [3.05, 3.63) is 0 Å². The van der Waals surface area contributed by atoms with Gasteiger partial charge in [0.25, 0.3) is 0 Å². The lowest BCUT2D eigenvalue weighted by Crippen LogP contribution is -2.62. The van der Waals surface area contributed by atoms with Crippen molar-refractivity contribution in [2.75, 3.05) is 0 Å². The Morgan fingerprint density at radius 3 is 2.56 bits per heavy atom. The average molecular weight is 449 g/mol. The van der Waals surface area contributed by atoms with Crippen molar-refractivity contribution in [2.45, 2.75) is 103 Å². The van der Waals surface area contributed by atoms with Gasteiger partial charge in [-0.15, -0.1) is 0 Å². The number of carbonyl (C=O) groups is 2. The number of carboxylic acids is 1. The van der Waals surface area contributed by atoms with Gasteiger partial charge in [0, 0.05) is 5.92 Å². The molecule has 6 rings (SSSR count). The summed E-state index contributed by atoms with van der Waals surface area (Å²) in [4.78, 5) is 24.3. The fourth-order valence-corrected chi connectivity index (χ4v) is 9.70. The molecule has 6 fully saturated rings. The smallest absolute Gasteiger partial charge is 0.311 e. The first kappa shape index (κ1) is 21.4. The molecule has 0 radical (unpaired) electrons. The molecule has 0 aromatic heterocycles. The van der Waals surface area contributed by atoms with Gasteiger partial charge in [0.2, 0.25) is 6.29 Å². The van der Waals surface area contributed by atoms with Crippen LogP contribution in [0.3, 0.4) is 0 Å². The van der Waals surface area contributed by atoms with Gasteiger partial charge in [-0.3, -0.25) is 9.59 Å². The Labute approximate surface area is 189 Å². The second-order valence-electron chi connectivity index (χ2n) is 12.4. The number of rotatable bonds is 1. The molecule has 0 aromatic rings. The van der Waals surface area contributed by atoms with E-state index in [2.05, 4.69) is 13.8 Å². The number of ether oxygens (including phenoxy) is 3. The van der Waals surface area contributed by atoms with Crippen molar-refractivity contribution in [1.29, 1.82) is 0 Å². The highest BCUT2D eigenvalue weighted by molar-refractivity contribution is 5.75. The highest BCUT2D eigenvalue weighted by Gasteiger charge is 2.70. The number of fused-ring (bicyclic) bond motifs is 7. The van der Waals surface area contributed by atoms with E-state index >= 15 is 0 Å². The predicted molar refractivity (Wildman–Crippen MR) is 112 cm³/mol. The van der Waals surface area contributed by atoms with Gasteiger partial charge < -0.3 is 24.4 Å². The number of esters is 1. The molecule has 1 spiro atoms. The molecule has 7 heteroatoms. The van der Waals surface area contributed by atoms with Gasteiger partial charge in [0.1, 0.15) is 0 Å². The van der Waals surface area contributed by atoms with E-state index in [9.17, 15) is 19.8 Å². The van der Waals surface area contributed by atoms with E-state index in [-0.39, 0.29) is 41.0 Å². The molecule has 32 heavy (non-hydrogen) atoms. The highest BCUT2D eigenvalue weighted by Crippen LogP contribution is 2.71. The Hall–Kier alpha value is -1.18. The second-order valence-corrected chi connectivity index (χ2v) is 12.4. The van der Waals surface area contributed by atoms with Crippen LogP contribution in [0, 0.1) is 39.9 Å². The van der Waals surface area contributed by atoms with E-state index in [1.807, 2.05) is 6.92 Å². The normalized spacial score (nSPS) is 58.6. The lowest BCUT2D eigenvalue weighted by molar-refractivity contribution is -0.224. The molecule has 2 bridgehead atoms. The summed E-state index contributed by atoms with van der Waals surface area (Å²) >= 11 is 0. The summed E-state index contributed by atoms with van der Waals surface area (Å²) in [6, 6.07) is 0. The molecule has 3 saturated carbocycles. The van der Waals surface area contributed by atoms with Gasteiger partial charge in [-0.1, -0.05) is 20.3 Å². The molecule has 3 heterocycles. The molecule has 2 unspecified atom stereocenters. The zero-order chi connectivity index (χ0) is 22.7. The monoisotopic (exact) mass is 448 g/mol. The quantitative estimate of drug-likeness (QED) is 0.592. The van der Waals surface area contributed by atoms with Gasteiger partial charge >= 0.3 is 11.9 Å². The topological polar surface area (TPSA) is 102 Å². The van der Waals surface area contributed by atoms with Crippen molar-refractivity contribution < 1.29 is 34.0 Å². The predicted octanol–water partition coefficient (Wildman–Crippen LogP) is 3.48. The molecule has 11 atom stereocenters. The van der Waals surface area contributed by atoms with Crippen LogP contribution in [0.5, 0.6) is 0 Å². The van der Waals surface area contributed by atoms with Gasteiger partial charge in [-0.25, -0.2) is 0 Å². The van der Waals surface area contributed by atoms with E-state index in [1.54, 1.807) is 0 Å². The maximum Gasteiger partial charge on any atom is 0.311 e. The van der Waals surface area contributed by atoms with E-state index in [0.717, 1.165) is 44.9 Å². The third kappa shape index (κ3) is 2.43. The maximum absolute atomic E-state index is 12.3. The Balaban J connectivity index is 1.36. The van der Waals surface area contributed by atoms with Crippen LogP contribution < -0.4 is 0 Å². The van der Waals surface area contributed by atoms with E-state index in [4.69, 9.17) is 14.2 Å². The number of aliphatic carboxylic acids is 1. The van der Waals surface area contributed by atoms with Crippen LogP contribution in [-0.4, -0.2) is 46.4 Å². The molecule has 178 valence electrons. The first-order valence-electron chi connectivity index (χ1n) is 12.5. The number of aliphatic hydroxyl groups is 1. The van der Waals surface area contributed by atoms with Gasteiger partial charge in [-0.2, -0.15) is 0 Å². The largest absolute Gasteiger partial charge is 0.481 e. The number of hydrogen-bond acceptors (Lipinski definition) is 6. The summed E-state index contributed by atoms with van der Waals surface area (Å²) in [5, 5.41) is 21.5. The molecule has 3 aliphatic heterocycles. The summed E-state index contributed by atoms with van der Waals surface area (Å²) in [6.07, 6.45) is 5.20. The third-order valence-corrected chi connectivity index (χ3v) is 11.2. The standard InChI is InChI=1S/C25H36O7/c1-22-10-7-16-23(2,8-4-9-24(16,3)20(28)29)15(22)6-5-13-14(22)11-17(26)25-12-18(27)30-21(25)31-19(13)32-25/h13-17,19,21,26H,4-12H2,1-3H3,(H,28,29)/t13-,14+,15?,16?,17+,19+,21+,22-,23+,24-,25-/m0/s1. The summed E-state index contributed by atoms with van der Waals surface area (Å²) in [5.41, 5.74) is -1.76.